The van der Waals surface area contributed by atoms with Gasteiger partial charge in [0.2, 0.25) is 5.91 Å². The number of primary amides is 1. The van der Waals surface area contributed by atoms with E-state index in [0.29, 0.717) is 34.0 Å². The summed E-state index contributed by atoms with van der Waals surface area (Å²) in [6.07, 6.45) is -2.84. The molecule has 0 spiro atoms. The molecule has 2 aromatic carbocycles. The number of ether oxygens (including phenoxy) is 1. The molecule has 0 saturated heterocycles. The first-order valence-corrected chi connectivity index (χ1v) is 9.78. The van der Waals surface area contributed by atoms with Crippen molar-refractivity contribution >= 4 is 5.91 Å². The van der Waals surface area contributed by atoms with Crippen LogP contribution in [0.5, 0.6) is 5.75 Å². The van der Waals surface area contributed by atoms with Crippen molar-refractivity contribution in [2.45, 2.75) is 12.8 Å². The predicted octanol–water partition coefficient (Wildman–Crippen LogP) is 4.24. The molecular weight excluding hydrogens is 435 g/mol. The van der Waals surface area contributed by atoms with Gasteiger partial charge in [-0.1, -0.05) is 18.2 Å². The van der Waals surface area contributed by atoms with Crippen LogP contribution in [0.4, 0.5) is 13.2 Å². The number of amides is 1. The topological polar surface area (TPSA) is 95.9 Å². The minimum Gasteiger partial charge on any atom is -0.486 e. The number of rotatable bonds is 6. The van der Waals surface area contributed by atoms with Crippen LogP contribution in [-0.2, 0) is 19.8 Å². The average molecular weight is 453 g/mol. The van der Waals surface area contributed by atoms with Gasteiger partial charge in [0.05, 0.1) is 11.3 Å². The van der Waals surface area contributed by atoms with Crippen molar-refractivity contribution < 1.29 is 22.7 Å². The van der Waals surface area contributed by atoms with Crippen LogP contribution >= 0.6 is 0 Å². The van der Waals surface area contributed by atoms with Gasteiger partial charge in [-0.05, 0) is 42.5 Å². The molecule has 2 N–H and O–H groups in total. The van der Waals surface area contributed by atoms with E-state index in [-0.39, 0.29) is 12.4 Å². The van der Waals surface area contributed by atoms with E-state index in [2.05, 4.69) is 15.2 Å². The van der Waals surface area contributed by atoms with Gasteiger partial charge in [0.25, 0.3) is 0 Å². The Morgan fingerprint density at radius 1 is 1.06 bits per heavy atom. The Morgan fingerprint density at radius 2 is 1.85 bits per heavy atom. The standard InChI is InChI=1S/C23H18F3N5O2/c1-31-19(13-33-17-8-3-7-16(12-17)23(24,25)26)29-30-22(31)18-9-4-10-28-20(18)14-5-2-6-15(11-14)21(27)32/h2-12H,13H2,1H3,(H2,27,32). The van der Waals surface area contributed by atoms with Crippen molar-refractivity contribution in [2.24, 2.45) is 12.8 Å². The smallest absolute Gasteiger partial charge is 0.416 e. The maximum Gasteiger partial charge on any atom is 0.416 e. The summed E-state index contributed by atoms with van der Waals surface area (Å²) in [6.45, 7) is -0.0857. The average Bonchev–Trinajstić information content (AvgIpc) is 3.17. The summed E-state index contributed by atoms with van der Waals surface area (Å²) in [6, 6.07) is 14.9. The summed E-state index contributed by atoms with van der Waals surface area (Å²) in [7, 11) is 1.72. The van der Waals surface area contributed by atoms with Crippen LogP contribution in [0.25, 0.3) is 22.6 Å². The van der Waals surface area contributed by atoms with Crippen molar-refractivity contribution in [2.75, 3.05) is 0 Å². The number of nitrogens with two attached hydrogens (primary N) is 1. The summed E-state index contributed by atoms with van der Waals surface area (Å²) in [5.41, 5.74) is 6.84. The molecule has 0 saturated carbocycles. The lowest BCUT2D eigenvalue weighted by molar-refractivity contribution is -0.137. The number of nitrogens with zero attached hydrogens (tertiary/aromatic N) is 4. The van der Waals surface area contributed by atoms with Crippen molar-refractivity contribution in [1.29, 1.82) is 0 Å². The number of carbonyl (C=O) groups is 1. The number of carbonyl (C=O) groups excluding carboxylic acids is 1. The Bertz CT molecular complexity index is 1320. The molecule has 4 aromatic rings. The molecule has 33 heavy (non-hydrogen) atoms. The van der Waals surface area contributed by atoms with E-state index in [9.17, 15) is 18.0 Å². The fourth-order valence-corrected chi connectivity index (χ4v) is 3.27. The van der Waals surface area contributed by atoms with Crippen LogP contribution in [0.2, 0.25) is 0 Å². The monoisotopic (exact) mass is 453 g/mol. The zero-order valence-corrected chi connectivity index (χ0v) is 17.4. The highest BCUT2D eigenvalue weighted by Crippen LogP contribution is 2.32. The third kappa shape index (κ3) is 4.69. The van der Waals surface area contributed by atoms with Crippen LogP contribution < -0.4 is 10.5 Å². The normalized spacial score (nSPS) is 11.4. The van der Waals surface area contributed by atoms with Crippen LogP contribution in [0.15, 0.2) is 66.9 Å². The van der Waals surface area contributed by atoms with E-state index in [1.165, 1.54) is 12.1 Å². The van der Waals surface area contributed by atoms with Crippen molar-refractivity contribution in [3.05, 3.63) is 83.8 Å². The predicted molar refractivity (Wildman–Crippen MR) is 114 cm³/mol. The molecule has 1 amide bonds. The molecule has 2 aromatic heterocycles. The van der Waals surface area contributed by atoms with Crippen molar-refractivity contribution in [3.8, 4) is 28.4 Å². The van der Waals surface area contributed by atoms with E-state index >= 15 is 0 Å². The van der Waals surface area contributed by atoms with Gasteiger partial charge >= 0.3 is 6.18 Å². The Balaban J connectivity index is 1.62. The fraction of sp³-hybridized carbons (Fsp3) is 0.130. The van der Waals surface area contributed by atoms with Gasteiger partial charge in [-0.2, -0.15) is 13.2 Å². The summed E-state index contributed by atoms with van der Waals surface area (Å²) >= 11 is 0. The summed E-state index contributed by atoms with van der Waals surface area (Å²) < 4.78 is 46.0. The minimum atomic E-state index is -4.46. The third-order valence-electron chi connectivity index (χ3n) is 4.96. The summed E-state index contributed by atoms with van der Waals surface area (Å²) in [5, 5.41) is 8.34. The number of aromatic nitrogens is 4. The van der Waals surface area contributed by atoms with Crippen molar-refractivity contribution in [3.63, 3.8) is 0 Å². The second kappa shape index (κ2) is 8.73. The number of alkyl halides is 3. The largest absolute Gasteiger partial charge is 0.486 e. The van der Waals surface area contributed by atoms with Gasteiger partial charge in [0, 0.05) is 29.9 Å². The molecule has 0 atom stereocenters. The first-order valence-electron chi connectivity index (χ1n) is 9.78. The highest BCUT2D eigenvalue weighted by molar-refractivity contribution is 5.94. The lowest BCUT2D eigenvalue weighted by Crippen LogP contribution is -2.10. The van der Waals surface area contributed by atoms with E-state index in [1.54, 1.807) is 54.2 Å². The second-order valence-corrected chi connectivity index (χ2v) is 7.16. The first kappa shape index (κ1) is 22.0. The molecule has 10 heteroatoms. The maximum atomic E-state index is 12.9. The lowest BCUT2D eigenvalue weighted by Gasteiger charge is -2.11. The highest BCUT2D eigenvalue weighted by Gasteiger charge is 2.30. The highest BCUT2D eigenvalue weighted by atomic mass is 19.4. The van der Waals surface area contributed by atoms with Crippen LogP contribution in [0.1, 0.15) is 21.7 Å². The zero-order valence-electron chi connectivity index (χ0n) is 17.4. The van der Waals surface area contributed by atoms with E-state index in [1.807, 2.05) is 0 Å². The third-order valence-corrected chi connectivity index (χ3v) is 4.96. The van der Waals surface area contributed by atoms with Crippen LogP contribution in [0.3, 0.4) is 0 Å². The zero-order chi connectivity index (χ0) is 23.6. The second-order valence-electron chi connectivity index (χ2n) is 7.16. The molecule has 0 bridgehead atoms. The van der Waals surface area contributed by atoms with Crippen molar-refractivity contribution in [1.82, 2.24) is 19.7 Å². The number of benzene rings is 2. The van der Waals surface area contributed by atoms with Gasteiger partial charge in [0.1, 0.15) is 12.4 Å². The Kier molecular flexibility index (Phi) is 5.82. The summed E-state index contributed by atoms with van der Waals surface area (Å²) in [5.74, 6) is 0.398. The van der Waals surface area contributed by atoms with Gasteiger partial charge < -0.3 is 15.0 Å². The quantitative estimate of drug-likeness (QED) is 0.471. The maximum absolute atomic E-state index is 12.9. The molecule has 168 valence electrons. The van der Waals surface area contributed by atoms with E-state index in [4.69, 9.17) is 10.5 Å². The van der Waals surface area contributed by atoms with Crippen LogP contribution in [0, 0.1) is 0 Å². The van der Waals surface area contributed by atoms with Gasteiger partial charge in [-0.15, -0.1) is 10.2 Å². The van der Waals surface area contributed by atoms with E-state index in [0.717, 1.165) is 12.1 Å². The Labute approximate surface area is 186 Å². The molecular formula is C23H18F3N5O2. The number of hydrogen-bond acceptors (Lipinski definition) is 5. The first-order chi connectivity index (χ1) is 15.7. The minimum absolute atomic E-state index is 0.0692. The molecule has 0 radical (unpaired) electrons. The number of hydrogen-bond donors (Lipinski definition) is 1. The Morgan fingerprint density at radius 3 is 2.61 bits per heavy atom. The van der Waals surface area contributed by atoms with Gasteiger partial charge in [0.15, 0.2) is 11.6 Å². The van der Waals surface area contributed by atoms with E-state index < -0.39 is 17.6 Å². The van der Waals surface area contributed by atoms with Gasteiger partial charge in [-0.3, -0.25) is 9.78 Å². The van der Waals surface area contributed by atoms with Gasteiger partial charge in [-0.25, -0.2) is 0 Å². The van der Waals surface area contributed by atoms with Crippen LogP contribution in [-0.4, -0.2) is 25.7 Å². The molecule has 7 nitrogen and oxygen atoms in total. The summed E-state index contributed by atoms with van der Waals surface area (Å²) in [4.78, 5) is 16.0. The molecule has 2 heterocycles. The molecule has 4 rings (SSSR count). The molecule has 0 unspecified atom stereocenters. The number of halogens is 3. The molecule has 0 aliphatic rings. The Hall–Kier alpha value is -4.21. The molecule has 0 aliphatic heterocycles. The SMILES string of the molecule is Cn1c(COc2cccc(C(F)(F)F)c2)nnc1-c1cccnc1-c1cccc(C(N)=O)c1. The fourth-order valence-electron chi connectivity index (χ4n) is 3.27. The molecule has 0 fully saturated rings. The lowest BCUT2D eigenvalue weighted by atomic mass is 10.0. The number of pyridine rings is 1. The molecule has 0 aliphatic carbocycles.